The topological polar surface area (TPSA) is 97.8 Å². The molecule has 0 saturated heterocycles. The number of non-ortho nitro benzene ring substituents is 1. The van der Waals surface area contributed by atoms with Crippen molar-refractivity contribution in [1.82, 2.24) is 9.97 Å². The van der Waals surface area contributed by atoms with E-state index in [4.69, 9.17) is 10.7 Å². The predicted octanol–water partition coefficient (Wildman–Crippen LogP) is 4.96. The van der Waals surface area contributed by atoms with E-state index < -0.39 is 0 Å². The van der Waals surface area contributed by atoms with Gasteiger partial charge in [-0.1, -0.05) is 24.6 Å². The summed E-state index contributed by atoms with van der Waals surface area (Å²) < 4.78 is 0. The third-order valence-corrected chi connectivity index (χ3v) is 5.04. The minimum Gasteiger partial charge on any atom is -0.339 e. The van der Waals surface area contributed by atoms with E-state index in [1.807, 2.05) is 18.2 Å². The summed E-state index contributed by atoms with van der Waals surface area (Å²) in [5, 5.41) is 13.2. The maximum absolute atomic E-state index is 11.1. The normalized spacial score (nSPS) is 11.3. The van der Waals surface area contributed by atoms with Crippen LogP contribution in [0.3, 0.4) is 0 Å². The molecular weight excluding hydrogens is 352 g/mol. The first-order valence-electron chi connectivity index (χ1n) is 9.52. The van der Waals surface area contributed by atoms with Crippen LogP contribution in [0, 0.1) is 10.1 Å². The van der Waals surface area contributed by atoms with Crippen molar-refractivity contribution in [2.24, 2.45) is 5.73 Å². The molecule has 0 saturated carbocycles. The molecule has 0 unspecified atom stereocenters. The lowest BCUT2D eigenvalue weighted by atomic mass is 10.0. The summed E-state index contributed by atoms with van der Waals surface area (Å²) in [6.07, 6.45) is 4.21. The summed E-state index contributed by atoms with van der Waals surface area (Å²) >= 11 is 0. The first-order valence-corrected chi connectivity index (χ1v) is 9.52. The number of aryl methyl sites for hydroxylation is 1. The molecule has 0 aliphatic heterocycles. The van der Waals surface area contributed by atoms with Crippen LogP contribution < -0.4 is 5.73 Å². The molecule has 0 amide bonds. The minimum absolute atomic E-state index is 0.0949. The minimum atomic E-state index is -0.368. The molecule has 0 spiro atoms. The van der Waals surface area contributed by atoms with Crippen LogP contribution in [0.1, 0.15) is 25.0 Å². The van der Waals surface area contributed by atoms with Gasteiger partial charge in [-0.3, -0.25) is 10.1 Å². The summed E-state index contributed by atoms with van der Waals surface area (Å²) in [5.41, 5.74) is 10.4. The van der Waals surface area contributed by atoms with Crippen molar-refractivity contribution < 1.29 is 4.92 Å². The fourth-order valence-electron chi connectivity index (χ4n) is 3.56. The Kier molecular flexibility index (Phi) is 5.04. The van der Waals surface area contributed by atoms with Crippen LogP contribution in [0.25, 0.3) is 33.1 Å². The second-order valence-corrected chi connectivity index (χ2v) is 6.99. The number of nitro groups is 1. The summed E-state index contributed by atoms with van der Waals surface area (Å²) in [7, 11) is 0. The summed E-state index contributed by atoms with van der Waals surface area (Å²) in [6, 6.07) is 17.0. The molecule has 2 heterocycles. The number of nitro benzene ring substituents is 1. The lowest BCUT2D eigenvalue weighted by molar-refractivity contribution is -0.384. The van der Waals surface area contributed by atoms with Crippen LogP contribution in [0.15, 0.2) is 54.6 Å². The lowest BCUT2D eigenvalue weighted by Crippen LogP contribution is -1.98. The third-order valence-electron chi connectivity index (χ3n) is 5.04. The zero-order valence-electron chi connectivity index (χ0n) is 15.5. The van der Waals surface area contributed by atoms with E-state index >= 15 is 0 Å². The van der Waals surface area contributed by atoms with Crippen LogP contribution in [0.4, 0.5) is 5.69 Å². The molecule has 0 bridgehead atoms. The zero-order valence-corrected chi connectivity index (χ0v) is 15.5. The molecule has 2 aromatic carbocycles. The highest BCUT2D eigenvalue weighted by Gasteiger charge is 2.11. The number of rotatable bonds is 7. The van der Waals surface area contributed by atoms with Crippen molar-refractivity contribution in [3.8, 4) is 11.1 Å². The van der Waals surface area contributed by atoms with Gasteiger partial charge < -0.3 is 10.7 Å². The van der Waals surface area contributed by atoms with Gasteiger partial charge in [0, 0.05) is 34.1 Å². The number of fused-ring (bicyclic) bond motifs is 3. The van der Waals surface area contributed by atoms with Crippen LogP contribution in [0.2, 0.25) is 0 Å². The second-order valence-electron chi connectivity index (χ2n) is 6.99. The van der Waals surface area contributed by atoms with E-state index in [1.54, 1.807) is 12.1 Å². The Morgan fingerprint density at radius 3 is 2.64 bits per heavy atom. The van der Waals surface area contributed by atoms with Gasteiger partial charge in [-0.25, -0.2) is 4.98 Å². The first-order chi connectivity index (χ1) is 13.7. The van der Waals surface area contributed by atoms with E-state index in [-0.39, 0.29) is 10.6 Å². The van der Waals surface area contributed by atoms with Gasteiger partial charge in [0.15, 0.2) is 0 Å². The first kappa shape index (κ1) is 18.1. The molecule has 0 aliphatic rings. The number of nitrogens with two attached hydrogens (primary N) is 1. The van der Waals surface area contributed by atoms with Gasteiger partial charge in [-0.15, -0.1) is 0 Å². The standard InChI is InChI=1S/C22H22N4O2/c23-12-3-1-2-6-17-9-10-19-20-14-16(8-11-21(20)25-22(19)24-17)15-5-4-7-18(13-15)26(27)28/h4-5,7-11,13-14H,1-3,6,12,23H2,(H,24,25). The highest BCUT2D eigenvalue weighted by atomic mass is 16.6. The largest absolute Gasteiger partial charge is 0.339 e. The molecule has 4 rings (SSSR count). The number of nitrogens with one attached hydrogen (secondary N) is 1. The highest BCUT2D eigenvalue weighted by molar-refractivity contribution is 6.07. The van der Waals surface area contributed by atoms with Gasteiger partial charge in [-0.2, -0.15) is 0 Å². The van der Waals surface area contributed by atoms with Crippen LogP contribution in [0.5, 0.6) is 0 Å². The van der Waals surface area contributed by atoms with Gasteiger partial charge >= 0.3 is 0 Å². The van der Waals surface area contributed by atoms with E-state index in [9.17, 15) is 10.1 Å². The molecular formula is C22H22N4O2. The molecule has 6 nitrogen and oxygen atoms in total. The van der Waals surface area contributed by atoms with Crippen molar-refractivity contribution >= 4 is 27.6 Å². The van der Waals surface area contributed by atoms with Crippen molar-refractivity contribution in [3.05, 3.63) is 70.4 Å². The fraction of sp³-hybridized carbons (Fsp3) is 0.227. The Hall–Kier alpha value is -3.25. The molecule has 0 aliphatic carbocycles. The molecule has 2 aromatic heterocycles. The van der Waals surface area contributed by atoms with E-state index in [1.165, 1.54) is 6.07 Å². The Balaban J connectivity index is 1.68. The number of unbranched alkanes of at least 4 members (excludes halogenated alkanes) is 2. The quantitative estimate of drug-likeness (QED) is 0.271. The average molecular weight is 374 g/mol. The van der Waals surface area contributed by atoms with E-state index in [2.05, 4.69) is 23.2 Å². The lowest BCUT2D eigenvalue weighted by Gasteiger charge is -2.03. The monoisotopic (exact) mass is 374 g/mol. The predicted molar refractivity (Wildman–Crippen MR) is 112 cm³/mol. The number of hydrogen-bond donors (Lipinski definition) is 2. The maximum Gasteiger partial charge on any atom is 0.270 e. The number of hydrogen-bond acceptors (Lipinski definition) is 4. The average Bonchev–Trinajstić information content (AvgIpc) is 3.08. The number of pyridine rings is 1. The molecule has 0 radical (unpaired) electrons. The third kappa shape index (κ3) is 3.59. The fourth-order valence-corrected chi connectivity index (χ4v) is 3.56. The molecule has 0 fully saturated rings. The van der Waals surface area contributed by atoms with E-state index in [0.29, 0.717) is 0 Å². The van der Waals surface area contributed by atoms with Gasteiger partial charge in [-0.05, 0) is 61.2 Å². The van der Waals surface area contributed by atoms with Crippen LogP contribution >= 0.6 is 0 Å². The summed E-state index contributed by atoms with van der Waals surface area (Å²) in [5.74, 6) is 0. The van der Waals surface area contributed by atoms with Gasteiger partial charge in [0.1, 0.15) is 5.65 Å². The molecule has 4 aromatic rings. The Morgan fingerprint density at radius 1 is 0.964 bits per heavy atom. The number of nitrogens with zero attached hydrogens (tertiary/aromatic N) is 2. The second kappa shape index (κ2) is 7.78. The van der Waals surface area contributed by atoms with Crippen molar-refractivity contribution in [2.75, 3.05) is 6.54 Å². The van der Waals surface area contributed by atoms with Crippen molar-refractivity contribution in [1.29, 1.82) is 0 Å². The summed E-state index contributed by atoms with van der Waals surface area (Å²) in [6.45, 7) is 0.737. The van der Waals surface area contributed by atoms with Crippen molar-refractivity contribution in [3.63, 3.8) is 0 Å². The van der Waals surface area contributed by atoms with E-state index in [0.717, 1.165) is 71.0 Å². The zero-order chi connectivity index (χ0) is 19.5. The molecule has 3 N–H and O–H groups in total. The smallest absolute Gasteiger partial charge is 0.270 e. The molecule has 142 valence electrons. The molecule has 28 heavy (non-hydrogen) atoms. The van der Waals surface area contributed by atoms with Gasteiger partial charge in [0.2, 0.25) is 0 Å². The van der Waals surface area contributed by atoms with Gasteiger partial charge in [0.25, 0.3) is 5.69 Å². The number of H-pyrrole nitrogens is 1. The number of aromatic nitrogens is 2. The Labute approximate surface area is 162 Å². The Morgan fingerprint density at radius 2 is 1.82 bits per heavy atom. The molecule has 6 heteroatoms. The van der Waals surface area contributed by atoms with Crippen LogP contribution in [-0.2, 0) is 6.42 Å². The molecule has 0 atom stereocenters. The Bertz CT molecular complexity index is 1150. The number of aromatic amines is 1. The van der Waals surface area contributed by atoms with Gasteiger partial charge in [0.05, 0.1) is 4.92 Å². The highest BCUT2D eigenvalue weighted by Crippen LogP contribution is 2.31. The summed E-state index contributed by atoms with van der Waals surface area (Å²) in [4.78, 5) is 18.9. The van der Waals surface area contributed by atoms with Crippen molar-refractivity contribution in [2.45, 2.75) is 25.7 Å². The SMILES string of the molecule is NCCCCCc1ccc2c(n1)[nH]c1ccc(-c3cccc([N+](=O)[O-])c3)cc12. The van der Waals surface area contributed by atoms with Crippen LogP contribution in [-0.4, -0.2) is 21.4 Å². The maximum atomic E-state index is 11.1. The number of benzene rings is 2.